The van der Waals surface area contributed by atoms with E-state index in [0.29, 0.717) is 5.92 Å². The van der Waals surface area contributed by atoms with Gasteiger partial charge in [-0.25, -0.2) is 4.79 Å². The Hall–Kier alpha value is -1.63. The van der Waals surface area contributed by atoms with Gasteiger partial charge < -0.3 is 14.3 Å². The summed E-state index contributed by atoms with van der Waals surface area (Å²) in [5.74, 6) is 0.441. The van der Waals surface area contributed by atoms with Crippen LogP contribution in [0, 0.1) is 22.2 Å². The van der Waals surface area contributed by atoms with Crippen LogP contribution in [0.1, 0.15) is 107 Å². The molecule has 5 atom stereocenters. The second-order valence-corrected chi connectivity index (χ2v) is 21.1. The lowest BCUT2D eigenvalue weighted by atomic mass is 9.39. The Morgan fingerprint density at radius 2 is 1.62 bits per heavy atom. The highest BCUT2D eigenvalue weighted by Crippen LogP contribution is 2.72. The third kappa shape index (κ3) is 4.90. The summed E-state index contributed by atoms with van der Waals surface area (Å²) in [5, 5.41) is 16.0. The number of hydrogen-bond donors (Lipinski definition) is 2. The molecule has 0 bridgehead atoms. The number of aliphatic hydroxyl groups is 1. The van der Waals surface area contributed by atoms with Gasteiger partial charge in [-0.15, -0.1) is 0 Å². The molecule has 4 rings (SSSR count). The number of nitrogens with one attached hydrogen (secondary N) is 1. The maximum absolute atomic E-state index is 12.8. The Kier molecular flexibility index (Phi) is 7.59. The predicted molar refractivity (Wildman–Crippen MR) is 168 cm³/mol. The van der Waals surface area contributed by atoms with Crippen molar-refractivity contribution in [3.05, 3.63) is 35.9 Å². The molecule has 0 spiro atoms. The number of para-hydroxylation sites is 1. The lowest BCUT2D eigenvalue weighted by Crippen LogP contribution is -2.72. The van der Waals surface area contributed by atoms with Crippen LogP contribution in [0.4, 0.5) is 10.5 Å². The molecule has 0 saturated heterocycles. The molecule has 0 aromatic heterocycles. The monoisotopic (exact) mass is 569 g/mol. The summed E-state index contributed by atoms with van der Waals surface area (Å²) in [7, 11) is -2.00. The molecule has 0 heterocycles. The van der Waals surface area contributed by atoms with E-state index >= 15 is 0 Å². The first-order chi connectivity index (χ1) is 18.1. The van der Waals surface area contributed by atoms with Crippen molar-refractivity contribution in [1.29, 1.82) is 0 Å². The Balaban J connectivity index is 1.68. The number of carbonyl (C=O) groups excluding carboxylic acids is 1. The molecule has 3 aliphatic carbocycles. The molecule has 1 amide bonds. The number of amides is 1. The van der Waals surface area contributed by atoms with E-state index < -0.39 is 25.6 Å². The van der Waals surface area contributed by atoms with Gasteiger partial charge in [0, 0.05) is 16.4 Å². The summed E-state index contributed by atoms with van der Waals surface area (Å²) in [6, 6.07) is 8.04. The molecule has 2 N–H and O–H groups in total. The van der Waals surface area contributed by atoms with Gasteiger partial charge in [0.05, 0.1) is 17.4 Å². The minimum Gasteiger partial charge on any atom is -0.444 e. The standard InChI is InChI=1S/C34H55NO4Si/c1-29(2,3)38-28(36)35-26-16-14-13-15-25(26)23-21-24-17-20-34(37)31(7,8)27(39-40(11,12)30(4,5)6)18-19-33(34,10)32(24,9)22-23/h13-16,22,24,27,37H,17-21H2,1-12H3,(H,35,36)/t24-,27+,32-,33+,34+/m0/s1. The Bertz CT molecular complexity index is 1180. The minimum atomic E-state index is -2.00. The number of hydrogen-bond acceptors (Lipinski definition) is 4. The quantitative estimate of drug-likeness (QED) is 0.355. The Labute approximate surface area is 244 Å². The highest BCUT2D eigenvalue weighted by Gasteiger charge is 2.71. The summed E-state index contributed by atoms with van der Waals surface area (Å²) < 4.78 is 12.6. The lowest BCUT2D eigenvalue weighted by molar-refractivity contribution is -0.275. The fourth-order valence-electron chi connectivity index (χ4n) is 7.90. The van der Waals surface area contributed by atoms with E-state index in [-0.39, 0.29) is 27.4 Å². The highest BCUT2D eigenvalue weighted by atomic mass is 28.4. The molecule has 3 aliphatic rings. The zero-order chi connectivity index (χ0) is 30.2. The van der Waals surface area contributed by atoms with E-state index in [1.54, 1.807) is 0 Å². The summed E-state index contributed by atoms with van der Waals surface area (Å²) >= 11 is 0. The van der Waals surface area contributed by atoms with Crippen molar-refractivity contribution in [1.82, 2.24) is 0 Å². The largest absolute Gasteiger partial charge is 0.444 e. The number of ether oxygens (including phenoxy) is 1. The molecule has 5 nitrogen and oxygen atoms in total. The summed E-state index contributed by atoms with van der Waals surface area (Å²) in [6.07, 6.45) is 6.64. The Morgan fingerprint density at radius 3 is 2.23 bits per heavy atom. The van der Waals surface area contributed by atoms with Gasteiger partial charge in [-0.2, -0.15) is 0 Å². The number of anilines is 1. The normalized spacial score (nSPS) is 34.0. The van der Waals surface area contributed by atoms with Gasteiger partial charge in [-0.05, 0) is 94.0 Å². The molecule has 0 radical (unpaired) electrons. The van der Waals surface area contributed by atoms with Crippen molar-refractivity contribution < 1.29 is 19.1 Å². The van der Waals surface area contributed by atoms with Crippen molar-refractivity contribution in [3.63, 3.8) is 0 Å². The zero-order valence-corrected chi connectivity index (χ0v) is 28.2. The molecule has 2 saturated carbocycles. The second kappa shape index (κ2) is 9.70. The van der Waals surface area contributed by atoms with Gasteiger partial charge in [0.25, 0.3) is 0 Å². The van der Waals surface area contributed by atoms with Gasteiger partial charge in [-0.3, -0.25) is 5.32 Å². The molecule has 0 aliphatic heterocycles. The van der Waals surface area contributed by atoms with Crippen LogP contribution >= 0.6 is 0 Å². The summed E-state index contributed by atoms with van der Waals surface area (Å²) in [4.78, 5) is 12.7. The van der Waals surface area contributed by atoms with E-state index in [1.165, 1.54) is 5.57 Å². The van der Waals surface area contributed by atoms with E-state index in [4.69, 9.17) is 9.16 Å². The molecule has 0 unspecified atom stereocenters. The van der Waals surface area contributed by atoms with E-state index in [9.17, 15) is 9.90 Å². The van der Waals surface area contributed by atoms with E-state index in [0.717, 1.165) is 43.4 Å². The van der Waals surface area contributed by atoms with Crippen molar-refractivity contribution in [2.24, 2.45) is 22.2 Å². The van der Waals surface area contributed by atoms with Crippen LogP contribution < -0.4 is 5.32 Å². The van der Waals surface area contributed by atoms with Crippen LogP contribution in [0.15, 0.2) is 30.3 Å². The van der Waals surface area contributed by atoms with Gasteiger partial charge in [0.15, 0.2) is 8.32 Å². The number of rotatable bonds is 4. The third-order valence-electron chi connectivity index (χ3n) is 11.7. The van der Waals surface area contributed by atoms with Crippen LogP contribution in [0.5, 0.6) is 0 Å². The van der Waals surface area contributed by atoms with Crippen molar-refractivity contribution in [2.45, 2.75) is 137 Å². The zero-order valence-electron chi connectivity index (χ0n) is 27.2. The van der Waals surface area contributed by atoms with Crippen molar-refractivity contribution in [2.75, 3.05) is 5.32 Å². The van der Waals surface area contributed by atoms with Crippen LogP contribution in [-0.2, 0) is 9.16 Å². The highest BCUT2D eigenvalue weighted by molar-refractivity contribution is 6.74. The molecular weight excluding hydrogens is 514 g/mol. The van der Waals surface area contributed by atoms with Crippen LogP contribution in [0.25, 0.3) is 5.57 Å². The van der Waals surface area contributed by atoms with Crippen molar-refractivity contribution in [3.8, 4) is 0 Å². The molecule has 2 fully saturated rings. The van der Waals surface area contributed by atoms with Crippen LogP contribution in [0.2, 0.25) is 18.1 Å². The fourth-order valence-corrected chi connectivity index (χ4v) is 9.38. The second-order valence-electron chi connectivity index (χ2n) is 16.4. The minimum absolute atomic E-state index is 0.0372. The van der Waals surface area contributed by atoms with E-state index in [2.05, 4.69) is 79.0 Å². The molecular formula is C34H55NO4Si. The molecule has 6 heteroatoms. The maximum Gasteiger partial charge on any atom is 0.412 e. The van der Waals surface area contributed by atoms with Gasteiger partial charge in [0.1, 0.15) is 5.60 Å². The summed E-state index contributed by atoms with van der Waals surface area (Å²) in [6.45, 7) is 26.4. The van der Waals surface area contributed by atoms with Gasteiger partial charge in [0.2, 0.25) is 0 Å². The first kappa shape index (κ1) is 31.3. The van der Waals surface area contributed by atoms with Crippen LogP contribution in [-0.4, -0.2) is 36.8 Å². The summed E-state index contributed by atoms with van der Waals surface area (Å²) in [5.41, 5.74) is 0.813. The van der Waals surface area contributed by atoms with Crippen LogP contribution in [0.3, 0.4) is 0 Å². The number of carbonyl (C=O) groups is 1. The van der Waals surface area contributed by atoms with E-state index in [1.807, 2.05) is 39.0 Å². The molecule has 1 aromatic rings. The SMILES string of the molecule is CC(C)(C)OC(=O)Nc1ccccc1C1=C[C@@]2(C)[C@@H](CC[C@@]3(O)C(C)(C)[C@H](O[Si](C)(C)C(C)(C)C)CC[C@]23C)C1. The molecule has 224 valence electrons. The average Bonchev–Trinajstić information content (AvgIpc) is 3.15. The van der Waals surface area contributed by atoms with Gasteiger partial charge >= 0.3 is 6.09 Å². The van der Waals surface area contributed by atoms with Gasteiger partial charge in [-0.1, -0.05) is 72.7 Å². The molecule has 40 heavy (non-hydrogen) atoms. The Morgan fingerprint density at radius 1 is 1.00 bits per heavy atom. The number of fused-ring (bicyclic) bond motifs is 3. The lowest BCUT2D eigenvalue weighted by Gasteiger charge is -2.69. The molecule has 1 aromatic carbocycles. The number of allylic oxidation sites excluding steroid dienone is 2. The predicted octanol–water partition coefficient (Wildman–Crippen LogP) is 9.18. The smallest absolute Gasteiger partial charge is 0.412 e. The fraction of sp³-hybridized carbons (Fsp3) is 0.735. The first-order valence-corrected chi connectivity index (χ1v) is 18.2. The van der Waals surface area contributed by atoms with Crippen molar-refractivity contribution >= 4 is 25.7 Å². The maximum atomic E-state index is 12.8. The topological polar surface area (TPSA) is 67.8 Å². The average molecular weight is 570 g/mol. The number of benzene rings is 1. The third-order valence-corrected chi connectivity index (χ3v) is 16.2. The first-order valence-electron chi connectivity index (χ1n) is 15.3.